The molecule has 1 aliphatic rings. The molecule has 1 aromatic carbocycles. The largest absolute Gasteiger partial charge is 0.416 e. The van der Waals surface area contributed by atoms with E-state index < -0.39 is 29.5 Å². The topological polar surface area (TPSA) is 23.6 Å². The van der Waals surface area contributed by atoms with Gasteiger partial charge < -0.3 is 9.80 Å². The molecule has 1 fully saturated rings. The van der Waals surface area contributed by atoms with E-state index in [2.05, 4.69) is 12.6 Å². The van der Waals surface area contributed by atoms with Crippen LogP contribution in [0.1, 0.15) is 29.5 Å². The van der Waals surface area contributed by atoms with Crippen molar-refractivity contribution in [2.24, 2.45) is 5.92 Å². The molecule has 10 heteroatoms. The van der Waals surface area contributed by atoms with Crippen LogP contribution in [0.3, 0.4) is 0 Å². The van der Waals surface area contributed by atoms with E-state index in [1.165, 1.54) is 7.05 Å². The molecule has 2 amide bonds. The first-order valence-electron chi connectivity index (χ1n) is 8.31. The monoisotopic (exact) mass is 414 g/mol. The zero-order valence-corrected chi connectivity index (χ0v) is 15.5. The van der Waals surface area contributed by atoms with Gasteiger partial charge in [0, 0.05) is 26.7 Å². The van der Waals surface area contributed by atoms with E-state index in [1.807, 2.05) is 0 Å². The Balaban J connectivity index is 2.16. The summed E-state index contributed by atoms with van der Waals surface area (Å²) >= 11 is 4.22. The van der Waals surface area contributed by atoms with Crippen LogP contribution in [0.25, 0.3) is 0 Å². The van der Waals surface area contributed by atoms with Crippen LogP contribution in [0.15, 0.2) is 18.2 Å². The Labute approximate surface area is 158 Å². The molecule has 0 saturated carbocycles. The van der Waals surface area contributed by atoms with Gasteiger partial charge in [-0.25, -0.2) is 4.79 Å². The Morgan fingerprint density at radius 1 is 1.07 bits per heavy atom. The number of benzene rings is 1. The summed E-state index contributed by atoms with van der Waals surface area (Å²) in [6.45, 7) is 0.633. The number of piperidine rings is 1. The van der Waals surface area contributed by atoms with Crippen molar-refractivity contribution in [1.82, 2.24) is 9.80 Å². The number of likely N-dealkylation sites (tertiary alicyclic amines) is 1. The number of rotatable bonds is 3. The lowest BCUT2D eigenvalue weighted by Crippen LogP contribution is -2.45. The van der Waals surface area contributed by atoms with Gasteiger partial charge >= 0.3 is 18.4 Å². The van der Waals surface area contributed by atoms with E-state index >= 15 is 0 Å². The second-order valence-electron chi connectivity index (χ2n) is 6.67. The summed E-state index contributed by atoms with van der Waals surface area (Å²) in [7, 11) is 1.36. The van der Waals surface area contributed by atoms with Gasteiger partial charge in [-0.2, -0.15) is 39.0 Å². The number of alkyl halides is 6. The van der Waals surface area contributed by atoms with E-state index in [0.717, 1.165) is 17.7 Å². The van der Waals surface area contributed by atoms with Crippen LogP contribution in [-0.2, 0) is 18.9 Å². The molecule has 0 N–H and O–H groups in total. The third-order valence-electron chi connectivity index (χ3n) is 4.54. The predicted octanol–water partition coefficient (Wildman–Crippen LogP) is 4.92. The zero-order chi connectivity index (χ0) is 20.4. The average molecular weight is 414 g/mol. The number of nitrogens with zero attached hydrogens (tertiary/aromatic N) is 2. The number of urea groups is 1. The van der Waals surface area contributed by atoms with Gasteiger partial charge in [-0.3, -0.25) is 0 Å². The summed E-state index contributed by atoms with van der Waals surface area (Å²) in [6.07, 6.45) is -8.28. The summed E-state index contributed by atoms with van der Waals surface area (Å²) in [5.74, 6) is 1.11. The molecule has 0 spiro atoms. The molecular formula is C17H20F6N2OS. The molecular weight excluding hydrogens is 394 g/mol. The molecule has 0 unspecified atom stereocenters. The first kappa shape index (κ1) is 21.7. The number of halogens is 6. The van der Waals surface area contributed by atoms with E-state index in [9.17, 15) is 31.1 Å². The lowest BCUT2D eigenvalue weighted by Gasteiger charge is -2.34. The van der Waals surface area contributed by atoms with Crippen LogP contribution >= 0.6 is 12.6 Å². The fraction of sp³-hybridized carbons (Fsp3) is 0.588. The Morgan fingerprint density at radius 2 is 1.56 bits per heavy atom. The second-order valence-corrected chi connectivity index (χ2v) is 7.03. The lowest BCUT2D eigenvalue weighted by molar-refractivity contribution is -0.143. The first-order chi connectivity index (χ1) is 12.4. The molecule has 1 heterocycles. The first-order valence-corrected chi connectivity index (χ1v) is 8.94. The number of hydrogen-bond acceptors (Lipinski definition) is 2. The highest BCUT2D eigenvalue weighted by Crippen LogP contribution is 2.36. The number of thiol groups is 1. The van der Waals surface area contributed by atoms with Gasteiger partial charge in [-0.05, 0) is 48.3 Å². The van der Waals surface area contributed by atoms with E-state index in [-0.39, 0.29) is 18.2 Å². The maximum absolute atomic E-state index is 12.9. The van der Waals surface area contributed by atoms with Crippen molar-refractivity contribution < 1.29 is 31.1 Å². The highest BCUT2D eigenvalue weighted by atomic mass is 32.1. The highest BCUT2D eigenvalue weighted by Gasteiger charge is 2.37. The average Bonchev–Trinajstić information content (AvgIpc) is 2.59. The van der Waals surface area contributed by atoms with Crippen LogP contribution in [0.5, 0.6) is 0 Å². The molecule has 2 rings (SSSR count). The van der Waals surface area contributed by atoms with Crippen LogP contribution in [0.2, 0.25) is 0 Å². The highest BCUT2D eigenvalue weighted by molar-refractivity contribution is 7.80. The third kappa shape index (κ3) is 5.70. The zero-order valence-electron chi connectivity index (χ0n) is 14.6. The van der Waals surface area contributed by atoms with E-state index in [4.69, 9.17) is 0 Å². The molecule has 1 saturated heterocycles. The lowest BCUT2D eigenvalue weighted by atomic mass is 9.99. The molecule has 27 heavy (non-hydrogen) atoms. The number of amides is 2. The molecule has 1 aromatic rings. The third-order valence-corrected chi connectivity index (χ3v) is 5.05. The van der Waals surface area contributed by atoms with Crippen LogP contribution in [-0.4, -0.2) is 41.7 Å². The molecule has 3 nitrogen and oxygen atoms in total. The molecule has 1 aliphatic heterocycles. The quantitative estimate of drug-likeness (QED) is 0.551. The smallest absolute Gasteiger partial charge is 0.325 e. The van der Waals surface area contributed by atoms with Crippen molar-refractivity contribution in [3.05, 3.63) is 34.9 Å². The molecule has 0 bridgehead atoms. The minimum absolute atomic E-state index is 0.0769. The fourth-order valence-corrected chi connectivity index (χ4v) is 3.37. The summed E-state index contributed by atoms with van der Waals surface area (Å²) < 4.78 is 77.6. The second kappa shape index (κ2) is 8.20. The molecule has 0 radical (unpaired) electrons. The summed E-state index contributed by atoms with van der Waals surface area (Å²) in [5, 5.41) is 0. The number of carbonyl (C=O) groups excluding carboxylic acids is 1. The molecule has 0 aliphatic carbocycles. The Hall–Kier alpha value is -1.58. The van der Waals surface area contributed by atoms with Gasteiger partial charge in [0.25, 0.3) is 0 Å². The molecule has 152 valence electrons. The minimum atomic E-state index is -4.91. The van der Waals surface area contributed by atoms with Crippen molar-refractivity contribution in [3.8, 4) is 0 Å². The van der Waals surface area contributed by atoms with Crippen LogP contribution < -0.4 is 0 Å². The maximum Gasteiger partial charge on any atom is 0.416 e. The SMILES string of the molecule is CN(Cc1cc(C(F)(F)F)cc(C(F)(F)F)c1)C(=O)N1CCC(CS)CC1. The van der Waals surface area contributed by atoms with Gasteiger partial charge in [0.05, 0.1) is 11.1 Å². The van der Waals surface area contributed by atoms with Crippen molar-refractivity contribution in [2.75, 3.05) is 25.9 Å². The Kier molecular flexibility index (Phi) is 6.59. The predicted molar refractivity (Wildman–Crippen MR) is 91.5 cm³/mol. The van der Waals surface area contributed by atoms with Gasteiger partial charge in [0.2, 0.25) is 0 Å². The van der Waals surface area contributed by atoms with Gasteiger partial charge in [0.1, 0.15) is 0 Å². The Morgan fingerprint density at radius 3 is 1.96 bits per heavy atom. The van der Waals surface area contributed by atoms with Crippen LogP contribution in [0.4, 0.5) is 31.1 Å². The van der Waals surface area contributed by atoms with Crippen LogP contribution in [0, 0.1) is 5.92 Å². The van der Waals surface area contributed by atoms with Gasteiger partial charge in [-0.15, -0.1) is 0 Å². The summed E-state index contributed by atoms with van der Waals surface area (Å²) in [5.41, 5.74) is -3.00. The van der Waals surface area contributed by atoms with Crippen molar-refractivity contribution in [1.29, 1.82) is 0 Å². The fourth-order valence-electron chi connectivity index (χ4n) is 3.00. The Bertz CT molecular complexity index is 636. The van der Waals surface area contributed by atoms with E-state index in [0.29, 0.717) is 36.9 Å². The van der Waals surface area contributed by atoms with Crippen molar-refractivity contribution in [3.63, 3.8) is 0 Å². The summed E-state index contributed by atoms with van der Waals surface area (Å²) in [6, 6.07) is 0.949. The number of hydrogen-bond donors (Lipinski definition) is 1. The van der Waals surface area contributed by atoms with E-state index in [1.54, 1.807) is 4.90 Å². The van der Waals surface area contributed by atoms with Crippen molar-refractivity contribution in [2.45, 2.75) is 31.7 Å². The minimum Gasteiger partial charge on any atom is -0.325 e. The van der Waals surface area contributed by atoms with Gasteiger partial charge in [-0.1, -0.05) is 0 Å². The van der Waals surface area contributed by atoms with Gasteiger partial charge in [0.15, 0.2) is 0 Å². The standard InChI is InChI=1S/C17H20F6N2OS/c1-24(15(26)25-4-2-11(10-27)3-5-25)9-12-6-13(16(18,19)20)8-14(7-12)17(21,22)23/h6-8,11,27H,2-5,9-10H2,1H3. The number of carbonyl (C=O) groups is 1. The maximum atomic E-state index is 12.9. The summed E-state index contributed by atoms with van der Waals surface area (Å²) in [4.78, 5) is 15.1. The molecule has 0 aromatic heterocycles. The molecule has 0 atom stereocenters. The van der Waals surface area contributed by atoms with Crippen molar-refractivity contribution >= 4 is 18.7 Å². The normalized spacial score (nSPS) is 16.5.